The van der Waals surface area contributed by atoms with Crippen LogP contribution in [0.1, 0.15) is 24.1 Å². The van der Waals surface area contributed by atoms with Crippen molar-refractivity contribution < 1.29 is 13.2 Å². The SMILES string of the molecule is C[C@@H](NS(=O)(=O)c1ccc2c(c1)CC(=O)N2C)c1ccccc1. The number of benzene rings is 2. The van der Waals surface area contributed by atoms with Crippen LogP contribution in [0.25, 0.3) is 0 Å². The van der Waals surface area contributed by atoms with Gasteiger partial charge in [0.15, 0.2) is 0 Å². The van der Waals surface area contributed by atoms with Crippen molar-refractivity contribution in [2.45, 2.75) is 24.3 Å². The van der Waals surface area contributed by atoms with Gasteiger partial charge >= 0.3 is 0 Å². The van der Waals surface area contributed by atoms with Gasteiger partial charge < -0.3 is 4.90 Å². The molecule has 1 aliphatic heterocycles. The topological polar surface area (TPSA) is 66.5 Å². The summed E-state index contributed by atoms with van der Waals surface area (Å²) in [5, 5.41) is 0. The Morgan fingerprint density at radius 2 is 1.83 bits per heavy atom. The van der Waals surface area contributed by atoms with E-state index in [1.54, 1.807) is 31.0 Å². The van der Waals surface area contributed by atoms with E-state index in [0.717, 1.165) is 16.8 Å². The minimum Gasteiger partial charge on any atom is -0.315 e. The summed E-state index contributed by atoms with van der Waals surface area (Å²) in [6.07, 6.45) is 0.240. The molecule has 0 unspecified atom stereocenters. The number of likely N-dealkylation sites (N-methyl/N-ethyl adjacent to an activating group) is 1. The molecule has 0 bridgehead atoms. The molecule has 120 valence electrons. The van der Waals surface area contributed by atoms with E-state index in [1.165, 1.54) is 6.07 Å². The molecule has 0 fully saturated rings. The van der Waals surface area contributed by atoms with Gasteiger partial charge in [-0.2, -0.15) is 0 Å². The Balaban J connectivity index is 1.87. The maximum absolute atomic E-state index is 12.6. The molecule has 0 spiro atoms. The molecule has 3 rings (SSSR count). The molecule has 0 saturated carbocycles. The monoisotopic (exact) mass is 330 g/mol. The van der Waals surface area contributed by atoms with Crippen molar-refractivity contribution in [1.29, 1.82) is 0 Å². The highest BCUT2D eigenvalue weighted by atomic mass is 32.2. The zero-order valence-corrected chi connectivity index (χ0v) is 13.8. The number of sulfonamides is 1. The molecule has 1 atom stereocenters. The van der Waals surface area contributed by atoms with Crippen LogP contribution >= 0.6 is 0 Å². The van der Waals surface area contributed by atoms with Crippen LogP contribution in [0.5, 0.6) is 0 Å². The number of anilines is 1. The highest BCUT2D eigenvalue weighted by Crippen LogP contribution is 2.30. The smallest absolute Gasteiger partial charge is 0.241 e. The second kappa shape index (κ2) is 5.79. The van der Waals surface area contributed by atoms with Crippen molar-refractivity contribution >= 4 is 21.6 Å². The van der Waals surface area contributed by atoms with Crippen molar-refractivity contribution in [2.24, 2.45) is 0 Å². The van der Waals surface area contributed by atoms with Crippen molar-refractivity contribution in [3.8, 4) is 0 Å². The Morgan fingerprint density at radius 1 is 1.13 bits per heavy atom. The Hall–Kier alpha value is -2.18. The molecule has 0 saturated heterocycles. The maximum Gasteiger partial charge on any atom is 0.241 e. The zero-order valence-electron chi connectivity index (χ0n) is 13.0. The predicted octanol–water partition coefficient (Wildman–Crippen LogP) is 2.25. The minimum absolute atomic E-state index is 0.0276. The fourth-order valence-electron chi connectivity index (χ4n) is 2.72. The van der Waals surface area contributed by atoms with E-state index in [1.807, 2.05) is 30.3 Å². The first-order chi connectivity index (χ1) is 10.9. The first kappa shape index (κ1) is 15.7. The van der Waals surface area contributed by atoms with E-state index in [9.17, 15) is 13.2 Å². The predicted molar refractivity (Wildman–Crippen MR) is 88.7 cm³/mol. The summed E-state index contributed by atoms with van der Waals surface area (Å²) in [5.74, 6) is -0.0276. The largest absolute Gasteiger partial charge is 0.315 e. The van der Waals surface area contributed by atoms with Crippen LogP contribution < -0.4 is 9.62 Å². The van der Waals surface area contributed by atoms with Gasteiger partial charge in [0, 0.05) is 18.8 Å². The van der Waals surface area contributed by atoms with E-state index in [2.05, 4.69) is 4.72 Å². The summed E-state index contributed by atoms with van der Waals surface area (Å²) >= 11 is 0. The molecule has 0 aliphatic carbocycles. The average molecular weight is 330 g/mol. The Labute approximate surface area is 136 Å². The molecule has 6 heteroatoms. The molecule has 1 aliphatic rings. The fourth-order valence-corrected chi connectivity index (χ4v) is 4.01. The van der Waals surface area contributed by atoms with Crippen LogP contribution in [0, 0.1) is 0 Å². The third-order valence-electron chi connectivity index (χ3n) is 4.07. The molecule has 0 radical (unpaired) electrons. The lowest BCUT2D eigenvalue weighted by molar-refractivity contribution is -0.117. The van der Waals surface area contributed by atoms with Gasteiger partial charge in [-0.25, -0.2) is 13.1 Å². The Morgan fingerprint density at radius 3 is 2.52 bits per heavy atom. The van der Waals surface area contributed by atoms with E-state index >= 15 is 0 Å². The van der Waals surface area contributed by atoms with Crippen LogP contribution in [0.4, 0.5) is 5.69 Å². The summed E-state index contributed by atoms with van der Waals surface area (Å²) in [4.78, 5) is 13.4. The summed E-state index contributed by atoms with van der Waals surface area (Å²) in [6, 6.07) is 13.9. The molecule has 1 N–H and O–H groups in total. The highest BCUT2D eigenvalue weighted by Gasteiger charge is 2.26. The third-order valence-corrected chi connectivity index (χ3v) is 5.61. The van der Waals surface area contributed by atoms with E-state index in [4.69, 9.17) is 0 Å². The molecule has 0 aromatic heterocycles. The molecule has 1 heterocycles. The van der Waals surface area contributed by atoms with Gasteiger partial charge in [-0.1, -0.05) is 30.3 Å². The first-order valence-electron chi connectivity index (χ1n) is 7.35. The molecule has 2 aromatic carbocycles. The number of carbonyl (C=O) groups is 1. The van der Waals surface area contributed by atoms with Crippen LogP contribution in [-0.2, 0) is 21.2 Å². The van der Waals surface area contributed by atoms with Gasteiger partial charge in [-0.3, -0.25) is 4.79 Å². The van der Waals surface area contributed by atoms with Gasteiger partial charge in [0.1, 0.15) is 0 Å². The van der Waals surface area contributed by atoms with Gasteiger partial charge in [0.25, 0.3) is 0 Å². The molecule has 1 amide bonds. The third kappa shape index (κ3) is 3.00. The summed E-state index contributed by atoms with van der Waals surface area (Å²) < 4.78 is 27.8. The Kier molecular flexibility index (Phi) is 3.95. The number of nitrogens with zero attached hydrogens (tertiary/aromatic N) is 1. The molecule has 2 aromatic rings. The van der Waals surface area contributed by atoms with Crippen LogP contribution in [0.15, 0.2) is 53.4 Å². The minimum atomic E-state index is -3.64. The number of fused-ring (bicyclic) bond motifs is 1. The number of carbonyl (C=O) groups excluding carboxylic acids is 1. The molecule has 5 nitrogen and oxygen atoms in total. The van der Waals surface area contributed by atoms with Crippen molar-refractivity contribution in [3.05, 3.63) is 59.7 Å². The summed E-state index contributed by atoms with van der Waals surface area (Å²) in [6.45, 7) is 1.80. The van der Waals surface area contributed by atoms with Crippen LogP contribution in [-0.4, -0.2) is 21.4 Å². The number of rotatable bonds is 4. The standard InChI is InChI=1S/C17H18N2O3S/c1-12(13-6-4-3-5-7-13)18-23(21,22)15-8-9-16-14(10-15)11-17(20)19(16)2/h3-10,12,18H,11H2,1-2H3/t12-/m1/s1. The highest BCUT2D eigenvalue weighted by molar-refractivity contribution is 7.89. The normalized spacial score (nSPS) is 15.6. The Bertz CT molecular complexity index is 847. The molecular formula is C17H18N2O3S. The fraction of sp³-hybridized carbons (Fsp3) is 0.235. The van der Waals surface area contributed by atoms with E-state index in [0.29, 0.717) is 0 Å². The van der Waals surface area contributed by atoms with Crippen molar-refractivity contribution in [3.63, 3.8) is 0 Å². The zero-order chi connectivity index (χ0) is 16.6. The van der Waals surface area contributed by atoms with Crippen LogP contribution in [0.2, 0.25) is 0 Å². The van der Waals surface area contributed by atoms with Gasteiger partial charge in [-0.15, -0.1) is 0 Å². The van der Waals surface area contributed by atoms with Gasteiger partial charge in [0.05, 0.1) is 11.3 Å². The number of amides is 1. The lowest BCUT2D eigenvalue weighted by Gasteiger charge is -2.15. The average Bonchev–Trinajstić information content (AvgIpc) is 2.82. The van der Waals surface area contributed by atoms with Gasteiger partial charge in [-0.05, 0) is 36.2 Å². The first-order valence-corrected chi connectivity index (χ1v) is 8.83. The number of hydrogen-bond acceptors (Lipinski definition) is 3. The van der Waals surface area contributed by atoms with Crippen LogP contribution in [0.3, 0.4) is 0 Å². The number of hydrogen-bond donors (Lipinski definition) is 1. The van der Waals surface area contributed by atoms with E-state index < -0.39 is 10.0 Å². The van der Waals surface area contributed by atoms with Gasteiger partial charge in [0.2, 0.25) is 15.9 Å². The lowest BCUT2D eigenvalue weighted by Crippen LogP contribution is -2.27. The van der Waals surface area contributed by atoms with Crippen molar-refractivity contribution in [2.75, 3.05) is 11.9 Å². The lowest BCUT2D eigenvalue weighted by atomic mass is 10.1. The number of nitrogens with one attached hydrogen (secondary N) is 1. The second-order valence-electron chi connectivity index (χ2n) is 5.67. The summed E-state index contributed by atoms with van der Waals surface area (Å²) in [7, 11) is -1.95. The molecule has 23 heavy (non-hydrogen) atoms. The maximum atomic E-state index is 12.6. The second-order valence-corrected chi connectivity index (χ2v) is 7.39. The quantitative estimate of drug-likeness (QED) is 0.935. The summed E-state index contributed by atoms with van der Waals surface area (Å²) in [5.41, 5.74) is 2.41. The van der Waals surface area contributed by atoms with E-state index in [-0.39, 0.29) is 23.3 Å². The van der Waals surface area contributed by atoms with Crippen molar-refractivity contribution in [1.82, 2.24) is 4.72 Å². The molecular weight excluding hydrogens is 312 g/mol.